The van der Waals surface area contributed by atoms with Crippen LogP contribution >= 0.6 is 23.7 Å². The van der Waals surface area contributed by atoms with Gasteiger partial charge in [0, 0.05) is 42.6 Å². The fraction of sp³-hybridized carbons (Fsp3) is 0.0952. The van der Waals surface area contributed by atoms with Crippen molar-refractivity contribution in [2.24, 2.45) is 0 Å². The molecule has 0 bridgehead atoms. The molecule has 0 spiro atoms. The van der Waals surface area contributed by atoms with Crippen molar-refractivity contribution in [2.75, 3.05) is 11.8 Å². The maximum absolute atomic E-state index is 14.0. The Morgan fingerprint density at radius 1 is 1.24 bits per heavy atom. The molecule has 0 radical (unpaired) electrons. The topological polar surface area (TPSA) is 81.8 Å². The summed E-state index contributed by atoms with van der Waals surface area (Å²) in [5, 5.41) is 0.216. The Balaban J connectivity index is 1.61. The number of carbonyl (C=O) groups is 1. The number of amides is 1. The van der Waals surface area contributed by atoms with E-state index in [0.717, 1.165) is 12.1 Å². The van der Waals surface area contributed by atoms with Crippen molar-refractivity contribution in [3.8, 4) is 0 Å². The lowest BCUT2D eigenvalue weighted by molar-refractivity contribution is 0.0785. The number of carbonyl (C=O) groups excluding carboxylic acids is 1. The van der Waals surface area contributed by atoms with Crippen LogP contribution < -0.4 is 9.44 Å². The monoisotopic (exact) mass is 510 g/mol. The molecule has 0 fully saturated rings. The molecule has 0 unspecified atom stereocenters. The van der Waals surface area contributed by atoms with Crippen molar-refractivity contribution in [3.05, 3.63) is 99.3 Å². The van der Waals surface area contributed by atoms with E-state index in [1.165, 1.54) is 54.4 Å². The Morgan fingerprint density at radius 2 is 2.03 bits per heavy atom. The van der Waals surface area contributed by atoms with Crippen molar-refractivity contribution in [1.29, 1.82) is 0 Å². The largest absolute Gasteiger partial charge is 0.337 e. The van der Waals surface area contributed by atoms with Crippen LogP contribution in [-0.4, -0.2) is 30.6 Å². The highest BCUT2D eigenvalue weighted by atomic mass is 35.5. The number of sulfonamides is 1. The van der Waals surface area contributed by atoms with E-state index in [4.69, 9.17) is 11.6 Å². The van der Waals surface area contributed by atoms with Crippen LogP contribution in [0.15, 0.2) is 71.6 Å². The molecule has 33 heavy (non-hydrogen) atoms. The Kier molecular flexibility index (Phi) is 6.37. The molecule has 1 amide bonds. The van der Waals surface area contributed by atoms with E-state index in [0.29, 0.717) is 5.70 Å². The molecule has 2 aromatic carbocycles. The quantitative estimate of drug-likeness (QED) is 0.562. The minimum absolute atomic E-state index is 0.00242. The van der Waals surface area contributed by atoms with E-state index in [1.54, 1.807) is 22.8 Å². The van der Waals surface area contributed by atoms with Crippen LogP contribution in [0.5, 0.6) is 0 Å². The Labute approximate surface area is 198 Å². The highest BCUT2D eigenvalue weighted by molar-refractivity contribution is 7.97. The third-order valence-corrected chi connectivity index (χ3v) is 7.21. The molecule has 2 heterocycles. The summed E-state index contributed by atoms with van der Waals surface area (Å²) >= 11 is 7.27. The molecule has 12 heteroatoms. The van der Waals surface area contributed by atoms with Crippen molar-refractivity contribution in [2.45, 2.75) is 6.54 Å². The van der Waals surface area contributed by atoms with Gasteiger partial charge in [0.25, 0.3) is 15.9 Å². The molecule has 0 atom stereocenters. The van der Waals surface area contributed by atoms with E-state index in [1.807, 2.05) is 0 Å². The summed E-state index contributed by atoms with van der Waals surface area (Å²) in [7, 11) is -2.67. The highest BCUT2D eigenvalue weighted by Crippen LogP contribution is 2.34. The summed E-state index contributed by atoms with van der Waals surface area (Å²) in [4.78, 5) is 14.3. The number of hydrogen-bond acceptors (Lipinski definition) is 6. The average molecular weight is 511 g/mol. The van der Waals surface area contributed by atoms with Crippen molar-refractivity contribution >= 4 is 45.4 Å². The van der Waals surface area contributed by atoms with Crippen LogP contribution in [0.25, 0.3) is 0 Å². The van der Waals surface area contributed by atoms with Crippen LogP contribution in [0, 0.1) is 11.6 Å². The van der Waals surface area contributed by atoms with E-state index < -0.39 is 27.6 Å². The summed E-state index contributed by atoms with van der Waals surface area (Å²) in [5.41, 5.74) is 0.527. The van der Waals surface area contributed by atoms with Crippen molar-refractivity contribution < 1.29 is 22.0 Å². The SMILES string of the molecule is CN(Cc1ccc(F)cc1F)C(=O)c1ccc(Cl)cc1NS(=O)(=O)C1=CC=CN2SNC=C12. The molecule has 2 N–H and O–H groups in total. The van der Waals surface area contributed by atoms with E-state index >= 15 is 0 Å². The predicted molar refractivity (Wildman–Crippen MR) is 124 cm³/mol. The van der Waals surface area contributed by atoms with Gasteiger partial charge in [-0.1, -0.05) is 17.7 Å². The second kappa shape index (κ2) is 9.08. The number of anilines is 1. The zero-order valence-electron chi connectivity index (χ0n) is 17.1. The number of nitrogens with zero attached hydrogens (tertiary/aromatic N) is 2. The summed E-state index contributed by atoms with van der Waals surface area (Å²) in [6, 6.07) is 7.23. The average Bonchev–Trinajstić information content (AvgIpc) is 3.24. The minimum atomic E-state index is -4.09. The normalized spacial score (nSPS) is 14.8. The van der Waals surface area contributed by atoms with Crippen LogP contribution in [0.2, 0.25) is 5.02 Å². The Bertz CT molecular complexity index is 1330. The summed E-state index contributed by atoms with van der Waals surface area (Å²) < 4.78 is 60.5. The lowest BCUT2D eigenvalue weighted by atomic mass is 10.1. The summed E-state index contributed by atoms with van der Waals surface area (Å²) in [5.74, 6) is -2.09. The number of benzene rings is 2. The highest BCUT2D eigenvalue weighted by Gasteiger charge is 2.31. The molecule has 0 saturated carbocycles. The van der Waals surface area contributed by atoms with E-state index in [9.17, 15) is 22.0 Å². The Hall–Kier alpha value is -3.02. The van der Waals surface area contributed by atoms with E-state index in [2.05, 4.69) is 9.44 Å². The fourth-order valence-electron chi connectivity index (χ4n) is 3.23. The van der Waals surface area contributed by atoms with Gasteiger partial charge < -0.3 is 9.62 Å². The van der Waals surface area contributed by atoms with Gasteiger partial charge in [-0.2, -0.15) is 0 Å². The standard InChI is InChI=1S/C21H17ClF2N4O3S2/c1-27(12-13-4-6-15(23)10-17(13)24)21(29)16-7-5-14(22)9-18(16)26-33(30,31)20-3-2-8-28-19(20)11-25-32-28/h2-11,25-26H,12H2,1H3. The molecule has 0 saturated heterocycles. The number of fused-ring (bicyclic) bond motifs is 1. The van der Waals surface area contributed by atoms with E-state index in [-0.39, 0.29) is 33.3 Å². The zero-order valence-corrected chi connectivity index (χ0v) is 19.4. The van der Waals surface area contributed by atoms with Gasteiger partial charge in [0.05, 0.1) is 29.1 Å². The number of hydrogen-bond donors (Lipinski definition) is 2. The number of allylic oxidation sites excluding steroid dienone is 2. The first-order chi connectivity index (χ1) is 15.7. The van der Waals surface area contributed by atoms with Gasteiger partial charge in [0.15, 0.2) is 0 Å². The third-order valence-electron chi connectivity index (χ3n) is 4.82. The molecular formula is C21H17ClF2N4O3S2. The van der Waals surface area contributed by atoms with Gasteiger partial charge in [-0.15, -0.1) is 0 Å². The molecule has 4 rings (SSSR count). The smallest absolute Gasteiger partial charge is 0.264 e. The third kappa shape index (κ3) is 4.85. The second-order valence-electron chi connectivity index (χ2n) is 7.13. The lowest BCUT2D eigenvalue weighted by Crippen LogP contribution is -2.28. The van der Waals surface area contributed by atoms with Gasteiger partial charge in [0.1, 0.15) is 16.5 Å². The maximum Gasteiger partial charge on any atom is 0.264 e. The van der Waals surface area contributed by atoms with Crippen LogP contribution in [0.4, 0.5) is 14.5 Å². The molecular weight excluding hydrogens is 494 g/mol. The lowest BCUT2D eigenvalue weighted by Gasteiger charge is -2.22. The first-order valence-electron chi connectivity index (χ1n) is 9.48. The molecule has 172 valence electrons. The summed E-state index contributed by atoms with van der Waals surface area (Å²) in [6.45, 7) is -0.152. The van der Waals surface area contributed by atoms with Crippen LogP contribution in [-0.2, 0) is 16.6 Å². The number of nitrogens with one attached hydrogen (secondary N) is 2. The molecule has 7 nitrogen and oxygen atoms in total. The molecule has 2 aromatic rings. The molecule has 0 aromatic heterocycles. The second-order valence-corrected chi connectivity index (χ2v) is 10.0. The molecule has 2 aliphatic heterocycles. The van der Waals surface area contributed by atoms with Gasteiger partial charge in [-0.25, -0.2) is 17.2 Å². The van der Waals surface area contributed by atoms with Gasteiger partial charge in [-0.05, 0) is 36.4 Å². The van der Waals surface area contributed by atoms with Crippen LogP contribution in [0.1, 0.15) is 15.9 Å². The maximum atomic E-state index is 14.0. The van der Waals surface area contributed by atoms with Gasteiger partial charge >= 0.3 is 0 Å². The van der Waals surface area contributed by atoms with Crippen LogP contribution in [0.3, 0.4) is 0 Å². The molecule has 2 aliphatic rings. The Morgan fingerprint density at radius 3 is 2.79 bits per heavy atom. The number of rotatable bonds is 6. The minimum Gasteiger partial charge on any atom is -0.337 e. The first kappa shape index (κ1) is 23.1. The molecule has 0 aliphatic carbocycles. The predicted octanol–water partition coefficient (Wildman–Crippen LogP) is 4.35. The van der Waals surface area contributed by atoms with Gasteiger partial charge in [0.2, 0.25) is 0 Å². The first-order valence-corrected chi connectivity index (χ1v) is 12.1. The zero-order chi connectivity index (χ0) is 23.8. The summed E-state index contributed by atoms with van der Waals surface area (Å²) in [6.07, 6.45) is 6.27. The number of halogens is 3. The fourth-order valence-corrected chi connectivity index (χ4v) is 5.38. The van der Waals surface area contributed by atoms with Crippen molar-refractivity contribution in [3.63, 3.8) is 0 Å². The van der Waals surface area contributed by atoms with Crippen molar-refractivity contribution in [1.82, 2.24) is 13.9 Å². The van der Waals surface area contributed by atoms with Gasteiger partial charge in [-0.3, -0.25) is 13.8 Å².